The van der Waals surface area contributed by atoms with Crippen LogP contribution in [-0.2, 0) is 17.8 Å². The van der Waals surface area contributed by atoms with Crippen LogP contribution in [0, 0.1) is 0 Å². The first-order chi connectivity index (χ1) is 23.4. The molecule has 9 heteroatoms. The number of halogens is 1. The minimum atomic E-state index is -0.663. The second-order valence-electron chi connectivity index (χ2n) is 11.1. The highest BCUT2D eigenvalue weighted by atomic mass is 35.5. The van der Waals surface area contributed by atoms with E-state index in [0.29, 0.717) is 55.8 Å². The molecule has 0 spiro atoms. The molecular formula is C39H34ClN3O4S. The van der Waals surface area contributed by atoms with Gasteiger partial charge in [-0.2, -0.15) is 0 Å². The van der Waals surface area contributed by atoms with Crippen LogP contribution in [0.4, 0.5) is 5.69 Å². The Morgan fingerprint density at radius 3 is 2.42 bits per heavy atom. The lowest BCUT2D eigenvalue weighted by molar-refractivity contribution is -0.113. The number of fused-ring (bicyclic) bond motifs is 1. The van der Waals surface area contributed by atoms with Crippen molar-refractivity contribution in [3.05, 3.63) is 168 Å². The van der Waals surface area contributed by atoms with Gasteiger partial charge in [0.15, 0.2) is 16.3 Å². The number of ether oxygens (including phenoxy) is 2. The molecule has 1 amide bonds. The van der Waals surface area contributed by atoms with Crippen molar-refractivity contribution in [2.45, 2.75) is 32.9 Å². The van der Waals surface area contributed by atoms with E-state index >= 15 is 0 Å². The number of rotatable bonds is 11. The Morgan fingerprint density at radius 1 is 1.00 bits per heavy atom. The molecule has 1 aliphatic heterocycles. The van der Waals surface area contributed by atoms with Gasteiger partial charge in [0.2, 0.25) is 0 Å². The predicted octanol–water partition coefficient (Wildman–Crippen LogP) is 7.23. The van der Waals surface area contributed by atoms with E-state index < -0.39 is 6.04 Å². The number of aromatic nitrogens is 1. The van der Waals surface area contributed by atoms with Crippen LogP contribution in [0.2, 0.25) is 5.02 Å². The molecule has 6 rings (SSSR count). The lowest BCUT2D eigenvalue weighted by Gasteiger charge is -2.25. The summed E-state index contributed by atoms with van der Waals surface area (Å²) in [6.07, 6.45) is 4.16. The average Bonchev–Trinajstić information content (AvgIpc) is 3.39. The molecule has 242 valence electrons. The summed E-state index contributed by atoms with van der Waals surface area (Å²) in [7, 11) is 0. The molecule has 1 aliphatic rings. The standard InChI is InChI=1S/C39H34ClN3O4S/c1-4-14-28-21-26(22-32(46-5-2)36(28)47-24-29-17-12-13-20-31(29)40)23-33-38(45)43-35(27-15-8-6-9-16-27)34(25(3)41-39(43)48-33)37(44)42-30-18-10-7-11-19-30/h4,6-13,15-23,35H,1,5,14,24H2,2-3H3,(H,42,44)/b33-23+/t35-/m0/s1. The molecule has 48 heavy (non-hydrogen) atoms. The summed E-state index contributed by atoms with van der Waals surface area (Å²) in [6.45, 7) is 8.35. The number of hydrogen-bond donors (Lipinski definition) is 1. The minimum Gasteiger partial charge on any atom is -0.490 e. The molecular weight excluding hydrogens is 642 g/mol. The van der Waals surface area contributed by atoms with Crippen LogP contribution in [0.15, 0.2) is 131 Å². The molecule has 0 unspecified atom stereocenters. The fourth-order valence-electron chi connectivity index (χ4n) is 5.70. The van der Waals surface area contributed by atoms with Crippen molar-refractivity contribution >= 4 is 40.6 Å². The summed E-state index contributed by atoms with van der Waals surface area (Å²) < 4.78 is 14.4. The quantitative estimate of drug-likeness (QED) is 0.150. The summed E-state index contributed by atoms with van der Waals surface area (Å²) in [5, 5.41) is 3.61. The van der Waals surface area contributed by atoms with Gasteiger partial charge < -0.3 is 14.8 Å². The van der Waals surface area contributed by atoms with Gasteiger partial charge in [0.25, 0.3) is 11.5 Å². The van der Waals surface area contributed by atoms with Gasteiger partial charge in [0, 0.05) is 21.8 Å². The van der Waals surface area contributed by atoms with E-state index in [-0.39, 0.29) is 18.1 Å². The molecule has 0 radical (unpaired) electrons. The smallest absolute Gasteiger partial charge is 0.271 e. The fourth-order valence-corrected chi connectivity index (χ4v) is 6.94. The van der Waals surface area contributed by atoms with Gasteiger partial charge in [-0.1, -0.05) is 95.7 Å². The van der Waals surface area contributed by atoms with Crippen LogP contribution in [0.3, 0.4) is 0 Å². The number of thiazole rings is 1. The van der Waals surface area contributed by atoms with E-state index in [1.807, 2.05) is 117 Å². The van der Waals surface area contributed by atoms with E-state index in [1.165, 1.54) is 11.3 Å². The van der Waals surface area contributed by atoms with Crippen molar-refractivity contribution in [1.82, 2.24) is 4.57 Å². The third-order valence-electron chi connectivity index (χ3n) is 7.86. The van der Waals surface area contributed by atoms with Crippen LogP contribution in [-0.4, -0.2) is 17.1 Å². The number of carbonyl (C=O) groups is 1. The molecule has 4 aromatic carbocycles. The van der Waals surface area contributed by atoms with Crippen molar-refractivity contribution in [2.75, 3.05) is 11.9 Å². The highest BCUT2D eigenvalue weighted by Gasteiger charge is 2.32. The summed E-state index contributed by atoms with van der Waals surface area (Å²) >= 11 is 7.67. The van der Waals surface area contributed by atoms with Crippen LogP contribution in [0.5, 0.6) is 11.5 Å². The lowest BCUT2D eigenvalue weighted by atomic mass is 9.95. The Bertz CT molecular complexity index is 2190. The third-order valence-corrected chi connectivity index (χ3v) is 9.21. The maximum absolute atomic E-state index is 14.3. The number of para-hydroxylation sites is 1. The van der Waals surface area contributed by atoms with Gasteiger partial charge in [-0.3, -0.25) is 14.2 Å². The molecule has 0 saturated heterocycles. The highest BCUT2D eigenvalue weighted by Crippen LogP contribution is 2.36. The van der Waals surface area contributed by atoms with Gasteiger partial charge >= 0.3 is 0 Å². The summed E-state index contributed by atoms with van der Waals surface area (Å²) in [4.78, 5) is 33.3. The Kier molecular flexibility index (Phi) is 10.0. The summed E-state index contributed by atoms with van der Waals surface area (Å²) in [5.74, 6) is 0.846. The SMILES string of the molecule is C=CCc1cc(/C=c2/sc3n(c2=O)[C@@H](c2ccccc2)C(C(=O)Nc2ccccc2)=C(C)N=3)cc(OCC)c1OCc1ccccc1Cl. The number of nitrogens with one attached hydrogen (secondary N) is 1. The Hall–Kier alpha value is -5.18. The van der Waals surface area contributed by atoms with Gasteiger partial charge in [-0.05, 0) is 67.8 Å². The highest BCUT2D eigenvalue weighted by molar-refractivity contribution is 7.07. The molecule has 5 aromatic rings. The number of nitrogens with zero attached hydrogens (tertiary/aromatic N) is 2. The zero-order valence-corrected chi connectivity index (χ0v) is 28.2. The summed E-state index contributed by atoms with van der Waals surface area (Å²) in [5.41, 5.74) is 4.67. The van der Waals surface area contributed by atoms with Gasteiger partial charge in [0.1, 0.15) is 6.61 Å². The zero-order valence-electron chi connectivity index (χ0n) is 26.6. The maximum Gasteiger partial charge on any atom is 0.271 e. The Morgan fingerprint density at radius 2 is 1.71 bits per heavy atom. The van der Waals surface area contributed by atoms with E-state index in [2.05, 4.69) is 11.9 Å². The van der Waals surface area contributed by atoms with Crippen molar-refractivity contribution in [3.63, 3.8) is 0 Å². The first-order valence-corrected chi connectivity index (χ1v) is 16.8. The van der Waals surface area contributed by atoms with E-state index in [4.69, 9.17) is 26.1 Å². The minimum absolute atomic E-state index is 0.243. The number of carbonyl (C=O) groups excluding carboxylic acids is 1. The van der Waals surface area contributed by atoms with E-state index in [0.717, 1.165) is 22.3 Å². The monoisotopic (exact) mass is 675 g/mol. The first-order valence-electron chi connectivity index (χ1n) is 15.6. The molecule has 2 heterocycles. The number of hydrogen-bond acceptors (Lipinski definition) is 6. The molecule has 1 N–H and O–H groups in total. The zero-order chi connectivity index (χ0) is 33.6. The van der Waals surface area contributed by atoms with Gasteiger partial charge in [-0.15, -0.1) is 6.58 Å². The maximum atomic E-state index is 14.3. The topological polar surface area (TPSA) is 81.9 Å². The number of anilines is 1. The Balaban J connectivity index is 1.43. The Labute approximate surface area is 287 Å². The average molecular weight is 676 g/mol. The van der Waals surface area contributed by atoms with Crippen molar-refractivity contribution in [1.29, 1.82) is 0 Å². The lowest BCUT2D eigenvalue weighted by Crippen LogP contribution is -2.40. The van der Waals surface area contributed by atoms with Crippen LogP contribution < -0.4 is 29.7 Å². The van der Waals surface area contributed by atoms with Crippen molar-refractivity contribution in [2.24, 2.45) is 4.99 Å². The second-order valence-corrected chi connectivity index (χ2v) is 12.5. The number of benzene rings is 4. The van der Waals surface area contributed by atoms with Crippen molar-refractivity contribution in [3.8, 4) is 11.5 Å². The predicted molar refractivity (Wildman–Crippen MR) is 193 cm³/mol. The number of amides is 1. The number of allylic oxidation sites excluding steroid dienone is 2. The fraction of sp³-hybridized carbons (Fsp3) is 0.154. The molecule has 0 saturated carbocycles. The normalized spacial score (nSPS) is 14.2. The van der Waals surface area contributed by atoms with Gasteiger partial charge in [-0.25, -0.2) is 4.99 Å². The molecule has 7 nitrogen and oxygen atoms in total. The van der Waals surface area contributed by atoms with Crippen LogP contribution in [0.1, 0.15) is 42.1 Å². The largest absolute Gasteiger partial charge is 0.490 e. The third kappa shape index (κ3) is 6.90. The van der Waals surface area contributed by atoms with E-state index in [1.54, 1.807) is 10.6 Å². The van der Waals surface area contributed by atoms with Gasteiger partial charge in [0.05, 0.1) is 28.5 Å². The summed E-state index contributed by atoms with van der Waals surface area (Å²) in [6, 6.07) is 29.5. The van der Waals surface area contributed by atoms with Crippen molar-refractivity contribution < 1.29 is 14.3 Å². The van der Waals surface area contributed by atoms with Crippen LogP contribution >= 0.6 is 22.9 Å². The van der Waals surface area contributed by atoms with Crippen LogP contribution in [0.25, 0.3) is 6.08 Å². The second kappa shape index (κ2) is 14.7. The molecule has 1 atom stereocenters. The molecule has 1 aromatic heterocycles. The molecule has 0 fully saturated rings. The first kappa shape index (κ1) is 32.7. The van der Waals surface area contributed by atoms with E-state index in [9.17, 15) is 9.59 Å². The molecule has 0 aliphatic carbocycles. The molecule has 0 bridgehead atoms.